The van der Waals surface area contributed by atoms with Crippen molar-refractivity contribution in [2.45, 2.75) is 18.7 Å². The molecule has 0 saturated heterocycles. The lowest BCUT2D eigenvalue weighted by molar-refractivity contribution is 0.0697. The number of aromatic carboxylic acids is 1. The molecule has 0 aliphatic heterocycles. The maximum absolute atomic E-state index is 12.3. The molecule has 0 aromatic heterocycles. The Labute approximate surface area is 123 Å². The number of nitrogens with one attached hydrogen (secondary N) is 1. The van der Waals surface area contributed by atoms with E-state index in [2.05, 4.69) is 4.72 Å². The second kappa shape index (κ2) is 5.57. The Morgan fingerprint density at radius 1 is 1.10 bits per heavy atom. The molecule has 0 radical (unpaired) electrons. The van der Waals surface area contributed by atoms with Gasteiger partial charge in [-0.1, -0.05) is 12.1 Å². The number of sulfonamides is 1. The van der Waals surface area contributed by atoms with Gasteiger partial charge in [0.15, 0.2) is 0 Å². The molecular formula is C15H15NO4S. The Kier molecular flexibility index (Phi) is 3.99. The molecule has 2 N–H and O–H groups in total. The van der Waals surface area contributed by atoms with Gasteiger partial charge in [-0.2, -0.15) is 0 Å². The molecule has 0 spiro atoms. The van der Waals surface area contributed by atoms with Gasteiger partial charge in [-0.05, 0) is 55.3 Å². The van der Waals surface area contributed by atoms with E-state index in [1.54, 1.807) is 19.1 Å². The van der Waals surface area contributed by atoms with Crippen LogP contribution in [-0.2, 0) is 10.0 Å². The van der Waals surface area contributed by atoms with E-state index in [1.165, 1.54) is 24.3 Å². The summed E-state index contributed by atoms with van der Waals surface area (Å²) in [6.45, 7) is 3.46. The first kappa shape index (κ1) is 15.1. The molecule has 0 amide bonds. The van der Waals surface area contributed by atoms with Crippen LogP contribution in [0.3, 0.4) is 0 Å². The zero-order chi connectivity index (χ0) is 15.6. The fourth-order valence-corrected chi connectivity index (χ4v) is 3.13. The number of anilines is 1. The molecule has 0 fully saturated rings. The quantitative estimate of drug-likeness (QED) is 0.909. The Morgan fingerprint density at radius 2 is 1.81 bits per heavy atom. The second-order valence-corrected chi connectivity index (χ2v) is 6.44. The number of hydrogen-bond acceptors (Lipinski definition) is 3. The van der Waals surface area contributed by atoms with Crippen molar-refractivity contribution in [2.75, 3.05) is 4.72 Å². The Hall–Kier alpha value is -2.34. The SMILES string of the molecule is Cc1cccc(S(=O)(=O)Nc2ccc(C(=O)O)cc2C)c1. The van der Waals surface area contributed by atoms with Crippen LogP contribution < -0.4 is 4.72 Å². The molecule has 5 nitrogen and oxygen atoms in total. The van der Waals surface area contributed by atoms with Gasteiger partial charge in [0.1, 0.15) is 0 Å². The summed E-state index contributed by atoms with van der Waals surface area (Å²) in [6, 6.07) is 10.8. The van der Waals surface area contributed by atoms with Crippen LogP contribution >= 0.6 is 0 Å². The van der Waals surface area contributed by atoms with Crippen molar-refractivity contribution in [3.63, 3.8) is 0 Å². The van der Waals surface area contributed by atoms with E-state index in [9.17, 15) is 13.2 Å². The molecule has 2 aromatic carbocycles. The van der Waals surface area contributed by atoms with Crippen molar-refractivity contribution in [3.05, 3.63) is 59.2 Å². The van der Waals surface area contributed by atoms with E-state index in [0.717, 1.165) is 5.56 Å². The maximum Gasteiger partial charge on any atom is 0.335 e. The molecular weight excluding hydrogens is 290 g/mol. The zero-order valence-electron chi connectivity index (χ0n) is 11.6. The lowest BCUT2D eigenvalue weighted by atomic mass is 10.1. The molecule has 0 atom stereocenters. The molecule has 0 bridgehead atoms. The van der Waals surface area contributed by atoms with E-state index >= 15 is 0 Å². The summed E-state index contributed by atoms with van der Waals surface area (Å²) < 4.78 is 27.1. The van der Waals surface area contributed by atoms with Gasteiger partial charge in [0, 0.05) is 0 Å². The summed E-state index contributed by atoms with van der Waals surface area (Å²) in [7, 11) is -3.69. The normalized spacial score (nSPS) is 11.1. The third-order valence-corrected chi connectivity index (χ3v) is 4.38. The average molecular weight is 305 g/mol. The van der Waals surface area contributed by atoms with E-state index in [4.69, 9.17) is 5.11 Å². The number of aryl methyl sites for hydroxylation is 2. The average Bonchev–Trinajstić information content (AvgIpc) is 2.40. The third kappa shape index (κ3) is 3.41. The van der Waals surface area contributed by atoms with Crippen molar-refractivity contribution in [1.82, 2.24) is 0 Å². The summed E-state index contributed by atoms with van der Waals surface area (Å²) in [5.41, 5.74) is 1.87. The smallest absolute Gasteiger partial charge is 0.335 e. The largest absolute Gasteiger partial charge is 0.478 e. The van der Waals surface area contributed by atoms with Crippen molar-refractivity contribution in [2.24, 2.45) is 0 Å². The highest BCUT2D eigenvalue weighted by Gasteiger charge is 2.16. The van der Waals surface area contributed by atoms with Crippen molar-refractivity contribution in [3.8, 4) is 0 Å². The predicted molar refractivity (Wildman–Crippen MR) is 80.1 cm³/mol. The molecule has 0 aliphatic rings. The van der Waals surface area contributed by atoms with Crippen molar-refractivity contribution < 1.29 is 18.3 Å². The van der Waals surface area contributed by atoms with Crippen LogP contribution in [0.2, 0.25) is 0 Å². The minimum absolute atomic E-state index is 0.117. The molecule has 110 valence electrons. The van der Waals surface area contributed by atoms with Gasteiger partial charge in [-0.3, -0.25) is 4.72 Å². The molecule has 0 aliphatic carbocycles. The highest BCUT2D eigenvalue weighted by atomic mass is 32.2. The molecule has 2 rings (SSSR count). The van der Waals surface area contributed by atoms with Gasteiger partial charge >= 0.3 is 5.97 Å². The lowest BCUT2D eigenvalue weighted by Gasteiger charge is -2.11. The molecule has 0 saturated carbocycles. The van der Waals surface area contributed by atoms with Crippen LogP contribution in [0, 0.1) is 13.8 Å². The summed E-state index contributed by atoms with van der Waals surface area (Å²) in [5.74, 6) is -1.05. The summed E-state index contributed by atoms with van der Waals surface area (Å²) in [4.78, 5) is 11.0. The van der Waals surface area contributed by atoms with Crippen molar-refractivity contribution >= 4 is 21.7 Å². The second-order valence-electron chi connectivity index (χ2n) is 4.76. The summed E-state index contributed by atoms with van der Waals surface area (Å²) >= 11 is 0. The minimum Gasteiger partial charge on any atom is -0.478 e. The zero-order valence-corrected chi connectivity index (χ0v) is 12.4. The third-order valence-electron chi connectivity index (χ3n) is 3.02. The number of hydrogen-bond donors (Lipinski definition) is 2. The fourth-order valence-electron chi connectivity index (χ4n) is 1.90. The number of carboxylic acid groups (broad SMARTS) is 1. The minimum atomic E-state index is -3.69. The Bertz CT molecular complexity index is 797. The molecule has 21 heavy (non-hydrogen) atoms. The van der Waals surface area contributed by atoms with E-state index in [1.807, 2.05) is 13.0 Å². The summed E-state index contributed by atoms with van der Waals surface area (Å²) in [6.07, 6.45) is 0. The standard InChI is InChI=1S/C15H15NO4S/c1-10-4-3-5-13(8-10)21(19,20)16-14-7-6-12(15(17)18)9-11(14)2/h3-9,16H,1-2H3,(H,17,18). The van der Waals surface area contributed by atoms with Crippen LogP contribution in [-0.4, -0.2) is 19.5 Å². The predicted octanol–water partition coefficient (Wildman–Crippen LogP) is 2.80. The van der Waals surface area contributed by atoms with Crippen LogP contribution in [0.15, 0.2) is 47.4 Å². The van der Waals surface area contributed by atoms with Gasteiger partial charge in [0.05, 0.1) is 16.1 Å². The van der Waals surface area contributed by atoms with Gasteiger partial charge in [0.2, 0.25) is 0 Å². The first-order valence-corrected chi connectivity index (χ1v) is 7.71. The molecule has 2 aromatic rings. The van der Waals surface area contributed by atoms with E-state index in [-0.39, 0.29) is 10.5 Å². The number of carbonyl (C=O) groups is 1. The van der Waals surface area contributed by atoms with Crippen LogP contribution in [0.4, 0.5) is 5.69 Å². The maximum atomic E-state index is 12.3. The van der Waals surface area contributed by atoms with E-state index < -0.39 is 16.0 Å². The molecule has 0 unspecified atom stereocenters. The first-order chi connectivity index (χ1) is 9.79. The first-order valence-electron chi connectivity index (χ1n) is 6.23. The van der Waals surface area contributed by atoms with Gasteiger partial charge in [-0.25, -0.2) is 13.2 Å². The number of carboxylic acids is 1. The lowest BCUT2D eigenvalue weighted by Crippen LogP contribution is -2.14. The Balaban J connectivity index is 2.35. The van der Waals surface area contributed by atoms with E-state index in [0.29, 0.717) is 11.3 Å². The molecule has 0 heterocycles. The topological polar surface area (TPSA) is 83.5 Å². The van der Waals surface area contributed by atoms with Gasteiger partial charge < -0.3 is 5.11 Å². The monoisotopic (exact) mass is 305 g/mol. The highest BCUT2D eigenvalue weighted by molar-refractivity contribution is 7.92. The van der Waals surface area contributed by atoms with Gasteiger partial charge in [0.25, 0.3) is 10.0 Å². The Morgan fingerprint density at radius 3 is 2.38 bits per heavy atom. The highest BCUT2D eigenvalue weighted by Crippen LogP contribution is 2.21. The van der Waals surface area contributed by atoms with Crippen LogP contribution in [0.5, 0.6) is 0 Å². The summed E-state index contributed by atoms with van der Waals surface area (Å²) in [5, 5.41) is 8.90. The van der Waals surface area contributed by atoms with Gasteiger partial charge in [-0.15, -0.1) is 0 Å². The molecule has 6 heteroatoms. The number of rotatable bonds is 4. The number of benzene rings is 2. The van der Waals surface area contributed by atoms with Crippen molar-refractivity contribution in [1.29, 1.82) is 0 Å². The van der Waals surface area contributed by atoms with Crippen LogP contribution in [0.1, 0.15) is 21.5 Å². The fraction of sp³-hybridized carbons (Fsp3) is 0.133. The van der Waals surface area contributed by atoms with Crippen LogP contribution in [0.25, 0.3) is 0 Å².